The fourth-order valence-electron chi connectivity index (χ4n) is 1.82. The van der Waals surface area contributed by atoms with Crippen molar-refractivity contribution < 1.29 is 13.6 Å². The van der Waals surface area contributed by atoms with Crippen LogP contribution in [0.15, 0.2) is 18.2 Å². The molecule has 0 aromatic heterocycles. The lowest BCUT2D eigenvalue weighted by atomic mass is 10.0. The highest BCUT2D eigenvalue weighted by atomic mass is 19.1. The molecule has 0 saturated carbocycles. The summed E-state index contributed by atoms with van der Waals surface area (Å²) in [7, 11) is 0. The predicted molar refractivity (Wildman–Crippen MR) is 64.0 cm³/mol. The van der Waals surface area contributed by atoms with Gasteiger partial charge >= 0.3 is 0 Å². The summed E-state index contributed by atoms with van der Waals surface area (Å²) in [6, 6.07) is 3.30. The Balaban J connectivity index is 1.75. The maximum atomic E-state index is 13.3. The molecule has 3 nitrogen and oxygen atoms in total. The van der Waals surface area contributed by atoms with Crippen LogP contribution in [0.25, 0.3) is 0 Å². The van der Waals surface area contributed by atoms with Gasteiger partial charge in [0.05, 0.1) is 0 Å². The molecule has 2 rings (SSSR count). The normalized spacial score (nSPS) is 15.2. The summed E-state index contributed by atoms with van der Waals surface area (Å²) >= 11 is 0. The van der Waals surface area contributed by atoms with E-state index >= 15 is 0 Å². The zero-order valence-electron chi connectivity index (χ0n) is 10.0. The van der Waals surface area contributed by atoms with E-state index < -0.39 is 11.6 Å². The number of nitrogens with one attached hydrogen (secondary N) is 2. The molecule has 0 atom stereocenters. The second-order valence-corrected chi connectivity index (χ2v) is 4.56. The number of hydrogen-bond acceptors (Lipinski definition) is 2. The van der Waals surface area contributed by atoms with E-state index in [1.807, 2.05) is 0 Å². The highest BCUT2D eigenvalue weighted by Crippen LogP contribution is 2.11. The molecule has 1 aromatic rings. The number of amides is 1. The number of carbonyl (C=O) groups excluding carboxylic acids is 1. The van der Waals surface area contributed by atoms with Crippen molar-refractivity contribution in [2.45, 2.75) is 12.8 Å². The summed E-state index contributed by atoms with van der Waals surface area (Å²) in [5.74, 6) is -0.565. The minimum absolute atomic E-state index is 0.120. The first-order valence-electron chi connectivity index (χ1n) is 6.06. The van der Waals surface area contributed by atoms with Crippen molar-refractivity contribution in [1.29, 1.82) is 0 Å². The molecule has 1 fully saturated rings. The van der Waals surface area contributed by atoms with Crippen LogP contribution in [0.4, 0.5) is 8.78 Å². The van der Waals surface area contributed by atoms with Gasteiger partial charge < -0.3 is 10.6 Å². The molecule has 0 spiro atoms. The van der Waals surface area contributed by atoms with Crippen LogP contribution in [-0.2, 0) is 11.2 Å². The lowest BCUT2D eigenvalue weighted by Crippen LogP contribution is -2.48. The number of carbonyl (C=O) groups is 1. The largest absolute Gasteiger partial charge is 0.356 e. The molecule has 1 aliphatic heterocycles. The van der Waals surface area contributed by atoms with E-state index in [0.717, 1.165) is 31.3 Å². The lowest BCUT2D eigenvalue weighted by Gasteiger charge is -2.27. The van der Waals surface area contributed by atoms with Gasteiger partial charge in [0.25, 0.3) is 0 Å². The Morgan fingerprint density at radius 3 is 2.83 bits per heavy atom. The topological polar surface area (TPSA) is 41.1 Å². The molecule has 1 heterocycles. The van der Waals surface area contributed by atoms with E-state index in [1.54, 1.807) is 0 Å². The van der Waals surface area contributed by atoms with Crippen molar-refractivity contribution in [3.63, 3.8) is 0 Å². The Morgan fingerprint density at radius 2 is 2.17 bits per heavy atom. The van der Waals surface area contributed by atoms with E-state index in [2.05, 4.69) is 10.6 Å². The number of hydrogen-bond donors (Lipinski definition) is 2. The van der Waals surface area contributed by atoms with Crippen LogP contribution in [0.2, 0.25) is 0 Å². The molecule has 1 amide bonds. The minimum Gasteiger partial charge on any atom is -0.356 e. The lowest BCUT2D eigenvalue weighted by molar-refractivity contribution is -0.121. The molecule has 0 aliphatic carbocycles. The SMILES string of the molecule is O=C(CCc1cc(F)ccc1F)NCC1CNC1. The van der Waals surface area contributed by atoms with Gasteiger partial charge in [-0.15, -0.1) is 0 Å². The van der Waals surface area contributed by atoms with E-state index in [1.165, 1.54) is 0 Å². The first-order chi connectivity index (χ1) is 8.65. The third-order valence-electron chi connectivity index (χ3n) is 3.08. The average molecular weight is 254 g/mol. The van der Waals surface area contributed by atoms with Gasteiger partial charge in [-0.2, -0.15) is 0 Å². The molecule has 18 heavy (non-hydrogen) atoms. The predicted octanol–water partition coefficient (Wildman–Crippen LogP) is 1.23. The van der Waals surface area contributed by atoms with Crippen molar-refractivity contribution >= 4 is 5.91 Å². The molecule has 5 heteroatoms. The average Bonchev–Trinajstić information content (AvgIpc) is 2.28. The maximum Gasteiger partial charge on any atom is 0.220 e. The second-order valence-electron chi connectivity index (χ2n) is 4.56. The summed E-state index contributed by atoms with van der Waals surface area (Å²) in [5.41, 5.74) is 0.246. The Morgan fingerprint density at radius 1 is 1.39 bits per heavy atom. The molecule has 0 bridgehead atoms. The van der Waals surface area contributed by atoms with E-state index in [-0.39, 0.29) is 24.3 Å². The molecule has 98 valence electrons. The standard InChI is InChI=1S/C13H16F2N2O/c14-11-2-3-12(15)10(5-11)1-4-13(18)17-8-9-6-16-7-9/h2-3,5,9,16H,1,4,6-8H2,(H,17,18). The van der Waals surface area contributed by atoms with Crippen molar-refractivity contribution in [2.75, 3.05) is 19.6 Å². The van der Waals surface area contributed by atoms with Crippen LogP contribution in [-0.4, -0.2) is 25.5 Å². The zero-order chi connectivity index (χ0) is 13.0. The summed E-state index contributed by atoms with van der Waals surface area (Å²) in [4.78, 5) is 11.5. The van der Waals surface area contributed by atoms with Gasteiger partial charge in [-0.05, 0) is 30.2 Å². The third kappa shape index (κ3) is 3.50. The van der Waals surface area contributed by atoms with Crippen LogP contribution in [0.1, 0.15) is 12.0 Å². The van der Waals surface area contributed by atoms with Gasteiger partial charge in [0.15, 0.2) is 0 Å². The molecule has 2 N–H and O–H groups in total. The Labute approximate surface area is 105 Å². The van der Waals surface area contributed by atoms with Crippen LogP contribution < -0.4 is 10.6 Å². The van der Waals surface area contributed by atoms with Gasteiger partial charge in [-0.25, -0.2) is 8.78 Å². The fraction of sp³-hybridized carbons (Fsp3) is 0.462. The van der Waals surface area contributed by atoms with Crippen molar-refractivity contribution in [3.8, 4) is 0 Å². The smallest absolute Gasteiger partial charge is 0.220 e. The molecule has 0 unspecified atom stereocenters. The van der Waals surface area contributed by atoms with Crippen LogP contribution in [0, 0.1) is 17.6 Å². The summed E-state index contributed by atoms with van der Waals surface area (Å²) in [5, 5.41) is 5.91. The van der Waals surface area contributed by atoms with E-state index in [9.17, 15) is 13.6 Å². The summed E-state index contributed by atoms with van der Waals surface area (Å²) in [6.45, 7) is 2.51. The van der Waals surface area contributed by atoms with Crippen LogP contribution in [0.5, 0.6) is 0 Å². The third-order valence-corrected chi connectivity index (χ3v) is 3.08. The maximum absolute atomic E-state index is 13.3. The van der Waals surface area contributed by atoms with E-state index in [0.29, 0.717) is 12.5 Å². The second kappa shape index (κ2) is 5.91. The number of rotatable bonds is 5. The Kier molecular flexibility index (Phi) is 4.25. The Hall–Kier alpha value is -1.49. The van der Waals surface area contributed by atoms with Crippen molar-refractivity contribution in [3.05, 3.63) is 35.4 Å². The van der Waals surface area contributed by atoms with Crippen LogP contribution >= 0.6 is 0 Å². The van der Waals surface area contributed by atoms with Crippen molar-refractivity contribution in [2.24, 2.45) is 5.92 Å². The molecular formula is C13H16F2N2O. The highest BCUT2D eigenvalue weighted by molar-refractivity contribution is 5.76. The number of benzene rings is 1. The summed E-state index contributed by atoms with van der Waals surface area (Å²) in [6.07, 6.45) is 0.402. The minimum atomic E-state index is -0.479. The fourth-order valence-corrected chi connectivity index (χ4v) is 1.82. The van der Waals surface area contributed by atoms with Crippen molar-refractivity contribution in [1.82, 2.24) is 10.6 Å². The summed E-state index contributed by atoms with van der Waals surface area (Å²) < 4.78 is 26.2. The number of halogens is 2. The zero-order valence-corrected chi connectivity index (χ0v) is 10.0. The quantitative estimate of drug-likeness (QED) is 0.830. The van der Waals surface area contributed by atoms with Crippen LogP contribution in [0.3, 0.4) is 0 Å². The number of aryl methyl sites for hydroxylation is 1. The van der Waals surface area contributed by atoms with E-state index in [4.69, 9.17) is 0 Å². The first-order valence-corrected chi connectivity index (χ1v) is 6.06. The highest BCUT2D eigenvalue weighted by Gasteiger charge is 2.17. The van der Waals surface area contributed by atoms with Gasteiger partial charge in [-0.3, -0.25) is 4.79 Å². The molecule has 1 saturated heterocycles. The van der Waals surface area contributed by atoms with Gasteiger partial charge in [0, 0.05) is 32.0 Å². The molecule has 1 aromatic carbocycles. The first kappa shape index (κ1) is 13.0. The molecule has 1 aliphatic rings. The van der Waals surface area contributed by atoms with Gasteiger partial charge in [0.1, 0.15) is 11.6 Å². The molecule has 0 radical (unpaired) electrons. The van der Waals surface area contributed by atoms with Gasteiger partial charge in [-0.1, -0.05) is 0 Å². The Bertz CT molecular complexity index is 433. The van der Waals surface area contributed by atoms with Gasteiger partial charge in [0.2, 0.25) is 5.91 Å². The molecular weight excluding hydrogens is 238 g/mol. The monoisotopic (exact) mass is 254 g/mol.